The Morgan fingerprint density at radius 1 is 0.614 bits per heavy atom. The molecule has 0 aliphatic carbocycles. The normalized spacial score (nSPS) is 16.1. The standard InChI is InChI=1S/C47H45BN2O7/c1-25(2)28-19-34-42-35(20-28)50(43-26(3)18-41-45(27(43)4)56-17-16-55-41)44-31-21-29(47(5,6)7)8-10-36(31)57-46(44)48(42)32-23-39-40(54-15-14-53-39)24-33(32)49(34)30-9-11-37-38(22-30)52-13-12-51-37/h8-11,18-25H,12-17H2,1-7H3. The van der Waals surface area contributed by atoms with Crippen LogP contribution < -0.4 is 54.8 Å². The summed E-state index contributed by atoms with van der Waals surface area (Å²) in [6.07, 6.45) is 0. The first-order valence-electron chi connectivity index (χ1n) is 20.1. The molecule has 0 saturated heterocycles. The molecule has 1 aromatic heterocycles. The molecule has 6 heterocycles. The van der Waals surface area contributed by atoms with Gasteiger partial charge in [-0.3, -0.25) is 0 Å². The van der Waals surface area contributed by atoms with Gasteiger partial charge in [0.05, 0.1) is 22.7 Å². The van der Waals surface area contributed by atoms with Crippen LogP contribution in [0.4, 0.5) is 34.1 Å². The number of hydrogen-bond donors (Lipinski definition) is 0. The van der Waals surface area contributed by atoms with E-state index < -0.39 is 0 Å². The molecule has 0 amide bonds. The highest BCUT2D eigenvalue weighted by Crippen LogP contribution is 2.53. The van der Waals surface area contributed by atoms with E-state index in [4.69, 9.17) is 32.8 Å². The zero-order valence-electron chi connectivity index (χ0n) is 33.5. The number of aryl methyl sites for hydroxylation is 1. The van der Waals surface area contributed by atoms with Crippen LogP contribution in [0.25, 0.3) is 11.0 Å². The van der Waals surface area contributed by atoms with Crippen LogP contribution in [-0.4, -0.2) is 46.4 Å². The smallest absolute Gasteiger partial charge is 0.297 e. The molecule has 57 heavy (non-hydrogen) atoms. The average Bonchev–Trinajstić information content (AvgIpc) is 3.59. The Labute approximate surface area is 333 Å². The van der Waals surface area contributed by atoms with E-state index >= 15 is 0 Å². The number of nitrogens with zero attached hydrogens (tertiary/aromatic N) is 2. The Morgan fingerprint density at radius 3 is 1.98 bits per heavy atom. The van der Waals surface area contributed by atoms with Crippen LogP contribution >= 0.6 is 0 Å². The molecule has 5 aliphatic rings. The van der Waals surface area contributed by atoms with E-state index in [2.05, 4.69) is 119 Å². The van der Waals surface area contributed by atoms with Crippen LogP contribution in [0.3, 0.4) is 0 Å². The van der Waals surface area contributed by atoms with E-state index in [1.54, 1.807) is 0 Å². The minimum Gasteiger partial charge on any atom is -0.486 e. The van der Waals surface area contributed by atoms with E-state index in [1.807, 2.05) is 6.07 Å². The second-order valence-electron chi connectivity index (χ2n) is 17.1. The Balaban J connectivity index is 1.28. The largest absolute Gasteiger partial charge is 0.486 e. The van der Waals surface area contributed by atoms with Crippen LogP contribution in [0.1, 0.15) is 62.8 Å². The molecule has 0 radical (unpaired) electrons. The van der Waals surface area contributed by atoms with Crippen molar-refractivity contribution in [2.24, 2.45) is 0 Å². The van der Waals surface area contributed by atoms with Crippen LogP contribution in [0.2, 0.25) is 0 Å². The lowest BCUT2D eigenvalue weighted by Crippen LogP contribution is -2.61. The third-order valence-corrected chi connectivity index (χ3v) is 12.1. The molecule has 0 atom stereocenters. The molecule has 0 N–H and O–H groups in total. The van der Waals surface area contributed by atoms with Crippen LogP contribution in [0.5, 0.6) is 34.5 Å². The number of furan rings is 1. The maximum absolute atomic E-state index is 7.22. The van der Waals surface area contributed by atoms with Gasteiger partial charge in [0, 0.05) is 40.1 Å². The third kappa shape index (κ3) is 5.08. The molecule has 5 aromatic carbocycles. The number of ether oxygens (including phenoxy) is 6. The molecular formula is C47H45BN2O7. The van der Waals surface area contributed by atoms with E-state index in [0.29, 0.717) is 39.6 Å². The van der Waals surface area contributed by atoms with Crippen LogP contribution in [0, 0.1) is 13.8 Å². The van der Waals surface area contributed by atoms with Gasteiger partial charge in [-0.2, -0.15) is 0 Å². The SMILES string of the molecule is Cc1cc2c(c(C)c1N1c3cc(C(C)C)cc4c3B(c3cc5c(cc3N4c3ccc4c(c3)OCCO4)OCCO5)c3oc4ccc(C(C)(C)C)cc4c31)OCCO2. The van der Waals surface area contributed by atoms with Crippen molar-refractivity contribution in [2.45, 2.75) is 59.8 Å². The van der Waals surface area contributed by atoms with Crippen molar-refractivity contribution in [3.8, 4) is 34.5 Å². The van der Waals surface area contributed by atoms with Crippen molar-refractivity contribution in [2.75, 3.05) is 49.4 Å². The molecule has 0 bridgehead atoms. The molecule has 6 aromatic rings. The summed E-state index contributed by atoms with van der Waals surface area (Å²) in [6.45, 7) is 18.4. The van der Waals surface area contributed by atoms with E-state index in [0.717, 1.165) is 107 Å². The number of benzene rings is 5. The molecule has 0 spiro atoms. The molecule has 288 valence electrons. The minimum atomic E-state index is -0.259. The fourth-order valence-corrected chi connectivity index (χ4v) is 9.36. The highest BCUT2D eigenvalue weighted by Gasteiger charge is 2.48. The number of hydrogen-bond acceptors (Lipinski definition) is 9. The molecule has 0 saturated carbocycles. The predicted octanol–water partition coefficient (Wildman–Crippen LogP) is 8.87. The Morgan fingerprint density at radius 2 is 1.26 bits per heavy atom. The minimum absolute atomic E-state index is 0.0749. The maximum atomic E-state index is 7.22. The maximum Gasteiger partial charge on any atom is 0.297 e. The van der Waals surface area contributed by atoms with Crippen molar-refractivity contribution in [1.82, 2.24) is 0 Å². The summed E-state index contributed by atoms with van der Waals surface area (Å²) in [4.78, 5) is 4.82. The van der Waals surface area contributed by atoms with Gasteiger partial charge >= 0.3 is 0 Å². The van der Waals surface area contributed by atoms with Crippen molar-refractivity contribution >= 4 is 68.4 Å². The second-order valence-corrected chi connectivity index (χ2v) is 17.1. The Kier molecular flexibility index (Phi) is 7.42. The molecule has 9 nitrogen and oxygen atoms in total. The lowest BCUT2D eigenvalue weighted by molar-refractivity contribution is 0.170. The highest BCUT2D eigenvalue weighted by molar-refractivity contribution is 7.00. The van der Waals surface area contributed by atoms with Crippen molar-refractivity contribution in [1.29, 1.82) is 0 Å². The second kappa shape index (κ2) is 12.3. The zero-order valence-corrected chi connectivity index (χ0v) is 33.5. The van der Waals surface area contributed by atoms with E-state index in [9.17, 15) is 0 Å². The Hall–Kier alpha value is -5.90. The van der Waals surface area contributed by atoms with Gasteiger partial charge < -0.3 is 42.6 Å². The third-order valence-electron chi connectivity index (χ3n) is 12.1. The van der Waals surface area contributed by atoms with Gasteiger partial charge in [-0.05, 0) is 101 Å². The summed E-state index contributed by atoms with van der Waals surface area (Å²) in [7, 11) is 0. The fraction of sp³-hybridized carbons (Fsp3) is 0.319. The number of fused-ring (bicyclic) bond motifs is 9. The topological polar surface area (TPSA) is 75.0 Å². The summed E-state index contributed by atoms with van der Waals surface area (Å²) < 4.78 is 44.5. The lowest BCUT2D eigenvalue weighted by Gasteiger charge is -2.44. The fourth-order valence-electron chi connectivity index (χ4n) is 9.36. The first kappa shape index (κ1) is 34.4. The van der Waals surface area contributed by atoms with Gasteiger partial charge in [0.15, 0.2) is 34.5 Å². The lowest BCUT2D eigenvalue weighted by atomic mass is 9.35. The summed E-state index contributed by atoms with van der Waals surface area (Å²) in [5, 5.41) is 1.07. The Bertz CT molecular complexity index is 2680. The van der Waals surface area contributed by atoms with E-state index in [1.165, 1.54) is 11.1 Å². The zero-order chi connectivity index (χ0) is 38.9. The molecule has 11 rings (SSSR count). The monoisotopic (exact) mass is 760 g/mol. The molecule has 0 fully saturated rings. The van der Waals surface area contributed by atoms with E-state index in [-0.39, 0.29) is 18.0 Å². The predicted molar refractivity (Wildman–Crippen MR) is 225 cm³/mol. The van der Waals surface area contributed by atoms with Gasteiger partial charge in [0.25, 0.3) is 6.71 Å². The number of rotatable bonds is 3. The summed E-state index contributed by atoms with van der Waals surface area (Å²) in [5.74, 6) is 4.74. The van der Waals surface area contributed by atoms with Crippen molar-refractivity contribution in [3.63, 3.8) is 0 Å². The highest BCUT2D eigenvalue weighted by atomic mass is 16.6. The van der Waals surface area contributed by atoms with Gasteiger partial charge in [-0.1, -0.05) is 40.7 Å². The van der Waals surface area contributed by atoms with Gasteiger partial charge in [0.1, 0.15) is 45.2 Å². The van der Waals surface area contributed by atoms with Crippen molar-refractivity contribution < 1.29 is 32.8 Å². The average molecular weight is 761 g/mol. The quantitative estimate of drug-likeness (QED) is 0.164. The molecule has 5 aliphatic heterocycles. The number of anilines is 6. The van der Waals surface area contributed by atoms with Gasteiger partial charge in [-0.25, -0.2) is 0 Å². The van der Waals surface area contributed by atoms with Gasteiger partial charge in [-0.15, -0.1) is 0 Å². The summed E-state index contributed by atoms with van der Waals surface area (Å²) in [6, 6.07) is 24.1. The summed E-state index contributed by atoms with van der Waals surface area (Å²) >= 11 is 0. The van der Waals surface area contributed by atoms with Crippen LogP contribution in [-0.2, 0) is 5.41 Å². The summed E-state index contributed by atoms with van der Waals surface area (Å²) in [5.41, 5.74) is 14.7. The van der Waals surface area contributed by atoms with Crippen LogP contribution in [0.15, 0.2) is 71.1 Å². The molecular weight excluding hydrogens is 715 g/mol. The van der Waals surface area contributed by atoms with Crippen molar-refractivity contribution in [3.05, 3.63) is 89.0 Å². The molecule has 10 heteroatoms. The first-order chi connectivity index (χ1) is 27.5. The first-order valence-corrected chi connectivity index (χ1v) is 20.1. The molecule has 0 unspecified atom stereocenters. The van der Waals surface area contributed by atoms with Gasteiger partial charge in [0.2, 0.25) is 0 Å².